The van der Waals surface area contributed by atoms with Crippen LogP contribution in [-0.2, 0) is 10.2 Å². The first kappa shape index (κ1) is 15.3. The molecule has 25 heavy (non-hydrogen) atoms. The number of allylic oxidation sites excluding steroid dienone is 1. The summed E-state index contributed by atoms with van der Waals surface area (Å²) in [5, 5.41) is 20.6. The first-order valence-electron chi connectivity index (χ1n) is 8.91. The standard InChI is InChI=1S/C20H20O5/c1-20-5-4-16(23)12-8-25-19(17(12)20)18(24)11-6-9-10(7-13(11)20)15(22)3-2-14(9)21/h6-7,12,14,16,21,23H,2-5,8H2,1H3/t12-,14?,16-,20-/m0/s1. The van der Waals surface area contributed by atoms with Crippen molar-refractivity contribution in [2.24, 2.45) is 5.92 Å². The van der Waals surface area contributed by atoms with Gasteiger partial charge in [-0.15, -0.1) is 0 Å². The number of aliphatic hydroxyl groups is 2. The first-order chi connectivity index (χ1) is 11.9. The molecule has 1 saturated carbocycles. The third kappa shape index (κ3) is 1.80. The predicted octanol–water partition coefficient (Wildman–Crippen LogP) is 2.21. The van der Waals surface area contributed by atoms with E-state index in [1.807, 2.05) is 6.07 Å². The van der Waals surface area contributed by atoms with Crippen LogP contribution in [0, 0.1) is 5.92 Å². The number of carbonyl (C=O) groups excluding carboxylic acids is 2. The van der Waals surface area contributed by atoms with Gasteiger partial charge in [-0.25, -0.2) is 0 Å². The summed E-state index contributed by atoms with van der Waals surface area (Å²) in [6.45, 7) is 2.42. The van der Waals surface area contributed by atoms with Gasteiger partial charge in [-0.1, -0.05) is 6.92 Å². The first-order valence-corrected chi connectivity index (χ1v) is 8.91. The van der Waals surface area contributed by atoms with E-state index >= 15 is 0 Å². The lowest BCUT2D eigenvalue weighted by Gasteiger charge is -2.44. The molecule has 1 unspecified atom stereocenters. The monoisotopic (exact) mass is 340 g/mol. The third-order valence-corrected chi connectivity index (χ3v) is 6.56. The number of carbonyl (C=O) groups is 2. The number of Topliss-reactive ketones (excluding diaryl/α,β-unsaturated/α-hetero) is 2. The van der Waals surface area contributed by atoms with Crippen molar-refractivity contribution in [3.8, 4) is 0 Å². The van der Waals surface area contributed by atoms with Gasteiger partial charge in [-0.2, -0.15) is 0 Å². The van der Waals surface area contributed by atoms with Crippen LogP contribution < -0.4 is 0 Å². The second kappa shape index (κ2) is 4.80. The predicted molar refractivity (Wildman–Crippen MR) is 88.4 cm³/mol. The van der Waals surface area contributed by atoms with E-state index in [-0.39, 0.29) is 17.5 Å². The fourth-order valence-corrected chi connectivity index (χ4v) is 5.16. The highest BCUT2D eigenvalue weighted by atomic mass is 16.5. The SMILES string of the molecule is C[C@@]12CC[C@H](O)[C@@H]3COC(=C31)C(=O)c1cc3c(cc12)C(=O)CCC3O. The maximum absolute atomic E-state index is 13.0. The number of aliphatic hydroxyl groups excluding tert-OH is 2. The van der Waals surface area contributed by atoms with Crippen LogP contribution in [-0.4, -0.2) is 34.5 Å². The van der Waals surface area contributed by atoms with Crippen molar-refractivity contribution in [2.45, 2.75) is 50.2 Å². The Kier molecular flexibility index (Phi) is 2.94. The van der Waals surface area contributed by atoms with E-state index in [2.05, 4.69) is 6.92 Å². The highest BCUT2D eigenvalue weighted by Gasteiger charge is 2.53. The Hall–Kier alpha value is -1.98. The zero-order valence-corrected chi connectivity index (χ0v) is 14.0. The molecule has 1 aromatic carbocycles. The van der Waals surface area contributed by atoms with E-state index in [4.69, 9.17) is 4.74 Å². The van der Waals surface area contributed by atoms with Gasteiger partial charge < -0.3 is 14.9 Å². The van der Waals surface area contributed by atoms with Crippen molar-refractivity contribution in [1.82, 2.24) is 0 Å². The minimum atomic E-state index is -0.709. The molecule has 1 heterocycles. The molecule has 0 bridgehead atoms. The lowest BCUT2D eigenvalue weighted by Crippen LogP contribution is -2.43. The molecule has 5 rings (SSSR count). The van der Waals surface area contributed by atoms with Gasteiger partial charge >= 0.3 is 0 Å². The van der Waals surface area contributed by atoms with Crippen molar-refractivity contribution in [3.05, 3.63) is 45.7 Å². The zero-order valence-electron chi connectivity index (χ0n) is 14.0. The molecule has 0 radical (unpaired) electrons. The highest BCUT2D eigenvalue weighted by Crippen LogP contribution is 2.55. The fraction of sp³-hybridized carbons (Fsp3) is 0.500. The lowest BCUT2D eigenvalue weighted by molar-refractivity contribution is 0.0630. The van der Waals surface area contributed by atoms with E-state index in [1.54, 1.807) is 6.07 Å². The molecule has 3 aliphatic carbocycles. The van der Waals surface area contributed by atoms with Crippen LogP contribution in [0.25, 0.3) is 0 Å². The number of benzene rings is 1. The van der Waals surface area contributed by atoms with Crippen LogP contribution in [0.2, 0.25) is 0 Å². The Morgan fingerprint density at radius 1 is 1.16 bits per heavy atom. The van der Waals surface area contributed by atoms with E-state index in [9.17, 15) is 19.8 Å². The Bertz CT molecular complexity index is 867. The Morgan fingerprint density at radius 3 is 2.76 bits per heavy atom. The molecular formula is C20H20O5. The second-order valence-electron chi connectivity index (χ2n) is 7.89. The van der Waals surface area contributed by atoms with E-state index in [1.165, 1.54) is 0 Å². The molecule has 2 N–H and O–H groups in total. The summed E-state index contributed by atoms with van der Waals surface area (Å²) in [6, 6.07) is 3.52. The molecule has 0 saturated heterocycles. The zero-order chi connectivity index (χ0) is 17.5. The Morgan fingerprint density at radius 2 is 1.96 bits per heavy atom. The molecule has 4 aliphatic rings. The quantitative estimate of drug-likeness (QED) is 0.756. The summed E-state index contributed by atoms with van der Waals surface area (Å²) in [5.41, 5.74) is 2.97. The summed E-state index contributed by atoms with van der Waals surface area (Å²) in [6.07, 6.45) is 0.881. The average Bonchev–Trinajstić information content (AvgIpc) is 3.06. The Balaban J connectivity index is 1.78. The molecule has 1 aliphatic heterocycles. The van der Waals surface area contributed by atoms with Gasteiger partial charge in [0.2, 0.25) is 5.78 Å². The van der Waals surface area contributed by atoms with Crippen molar-refractivity contribution in [1.29, 1.82) is 0 Å². The van der Waals surface area contributed by atoms with Crippen LogP contribution in [0.4, 0.5) is 0 Å². The van der Waals surface area contributed by atoms with Crippen molar-refractivity contribution in [3.63, 3.8) is 0 Å². The highest BCUT2D eigenvalue weighted by molar-refractivity contribution is 6.12. The van der Waals surface area contributed by atoms with Crippen LogP contribution in [0.15, 0.2) is 23.5 Å². The van der Waals surface area contributed by atoms with E-state index in [0.717, 1.165) is 11.1 Å². The van der Waals surface area contributed by atoms with Gasteiger partial charge in [0.1, 0.15) is 0 Å². The van der Waals surface area contributed by atoms with Crippen molar-refractivity contribution < 1.29 is 24.5 Å². The fourth-order valence-electron chi connectivity index (χ4n) is 5.16. The maximum atomic E-state index is 13.0. The number of hydrogen-bond donors (Lipinski definition) is 2. The van der Waals surface area contributed by atoms with Crippen LogP contribution in [0.5, 0.6) is 0 Å². The summed E-state index contributed by atoms with van der Waals surface area (Å²) >= 11 is 0. The molecule has 1 aromatic rings. The van der Waals surface area contributed by atoms with Gasteiger partial charge in [0.25, 0.3) is 0 Å². The van der Waals surface area contributed by atoms with Gasteiger partial charge in [-0.05, 0) is 48.1 Å². The topological polar surface area (TPSA) is 83.8 Å². The van der Waals surface area contributed by atoms with Crippen LogP contribution >= 0.6 is 0 Å². The number of fused-ring (bicyclic) bond motifs is 3. The number of hydrogen-bond acceptors (Lipinski definition) is 5. The molecule has 0 spiro atoms. The third-order valence-electron chi connectivity index (χ3n) is 6.56. The number of rotatable bonds is 0. The normalized spacial score (nSPS) is 35.9. The van der Waals surface area contributed by atoms with Gasteiger partial charge in [0.05, 0.1) is 18.8 Å². The Labute approximate surface area is 145 Å². The molecule has 5 heteroatoms. The van der Waals surface area contributed by atoms with Crippen LogP contribution in [0.1, 0.15) is 70.6 Å². The maximum Gasteiger partial charge on any atom is 0.227 e. The molecule has 0 aromatic heterocycles. The molecular weight excluding hydrogens is 320 g/mol. The summed E-state index contributed by atoms with van der Waals surface area (Å²) in [4.78, 5) is 25.4. The molecule has 5 nitrogen and oxygen atoms in total. The smallest absolute Gasteiger partial charge is 0.227 e. The van der Waals surface area contributed by atoms with Crippen LogP contribution in [0.3, 0.4) is 0 Å². The largest absolute Gasteiger partial charge is 0.489 e. The van der Waals surface area contributed by atoms with Gasteiger partial charge in [-0.3, -0.25) is 9.59 Å². The second-order valence-corrected chi connectivity index (χ2v) is 7.89. The molecule has 1 fully saturated rings. The van der Waals surface area contributed by atoms with E-state index in [0.29, 0.717) is 54.7 Å². The van der Waals surface area contributed by atoms with Gasteiger partial charge in [0.15, 0.2) is 11.5 Å². The number of ether oxygens (including phenoxy) is 1. The van der Waals surface area contributed by atoms with Crippen molar-refractivity contribution in [2.75, 3.05) is 6.61 Å². The molecule has 130 valence electrons. The van der Waals surface area contributed by atoms with E-state index < -0.39 is 17.6 Å². The summed E-state index contributed by atoms with van der Waals surface area (Å²) in [7, 11) is 0. The molecule has 4 atom stereocenters. The molecule has 0 amide bonds. The van der Waals surface area contributed by atoms with Gasteiger partial charge in [0, 0.05) is 28.9 Å². The summed E-state index contributed by atoms with van der Waals surface area (Å²) < 4.78 is 5.71. The summed E-state index contributed by atoms with van der Waals surface area (Å²) in [5.74, 6) is 0.0552. The average molecular weight is 340 g/mol. The lowest BCUT2D eigenvalue weighted by atomic mass is 9.58. The van der Waals surface area contributed by atoms with Crippen molar-refractivity contribution >= 4 is 11.6 Å². The minimum absolute atomic E-state index is 0.0222. The minimum Gasteiger partial charge on any atom is -0.489 e. The number of ketones is 2.